The summed E-state index contributed by atoms with van der Waals surface area (Å²) in [4.78, 5) is 30.8. The van der Waals surface area contributed by atoms with Gasteiger partial charge in [0.15, 0.2) is 10.9 Å². The van der Waals surface area contributed by atoms with Gasteiger partial charge in [-0.2, -0.15) is 0 Å². The maximum Gasteiger partial charge on any atom is 0.233 e. The Bertz CT molecular complexity index is 1390. The van der Waals surface area contributed by atoms with Crippen LogP contribution in [0.5, 0.6) is 0 Å². The molecule has 8 nitrogen and oxygen atoms in total. The van der Waals surface area contributed by atoms with E-state index in [4.69, 9.17) is 4.42 Å². The van der Waals surface area contributed by atoms with Crippen LogP contribution < -0.4 is 0 Å². The summed E-state index contributed by atoms with van der Waals surface area (Å²) in [6, 6.07) is 21.6. The fourth-order valence-electron chi connectivity index (χ4n) is 4.45. The molecule has 1 unspecified atom stereocenters. The highest BCUT2D eigenvalue weighted by Crippen LogP contribution is 2.29. The Morgan fingerprint density at radius 3 is 2.50 bits per heavy atom. The predicted octanol–water partition coefficient (Wildman–Crippen LogP) is 4.78. The van der Waals surface area contributed by atoms with Crippen LogP contribution in [0.25, 0.3) is 17.3 Å². The Kier molecular flexibility index (Phi) is 8.19. The highest BCUT2D eigenvalue weighted by molar-refractivity contribution is 8.00. The summed E-state index contributed by atoms with van der Waals surface area (Å²) in [6.45, 7) is 5.61. The molecule has 0 N–H and O–H groups in total. The summed E-state index contributed by atoms with van der Waals surface area (Å²) < 4.78 is 7.51. The van der Waals surface area contributed by atoms with Crippen LogP contribution in [-0.2, 0) is 9.59 Å². The van der Waals surface area contributed by atoms with Gasteiger partial charge in [0, 0.05) is 30.6 Å². The second-order valence-corrected chi connectivity index (χ2v) is 11.1. The van der Waals surface area contributed by atoms with Gasteiger partial charge in [0.2, 0.25) is 17.6 Å². The van der Waals surface area contributed by atoms with E-state index < -0.39 is 0 Å². The van der Waals surface area contributed by atoms with Gasteiger partial charge in [-0.15, -0.1) is 22.0 Å². The van der Waals surface area contributed by atoms with Gasteiger partial charge in [-0.3, -0.25) is 14.2 Å². The van der Waals surface area contributed by atoms with Gasteiger partial charge in [-0.1, -0.05) is 42.1 Å². The van der Waals surface area contributed by atoms with Crippen LogP contribution in [0, 0.1) is 6.92 Å². The van der Waals surface area contributed by atoms with Crippen molar-refractivity contribution < 1.29 is 14.0 Å². The third-order valence-electron chi connectivity index (χ3n) is 6.37. The zero-order chi connectivity index (χ0) is 26.5. The molecular weight excluding hydrogens is 518 g/mol. The van der Waals surface area contributed by atoms with E-state index in [1.165, 1.54) is 11.8 Å². The van der Waals surface area contributed by atoms with Gasteiger partial charge in [0.1, 0.15) is 0 Å². The number of hydrogen-bond acceptors (Lipinski definition) is 7. The van der Waals surface area contributed by atoms with Crippen molar-refractivity contribution in [3.8, 4) is 17.3 Å². The van der Waals surface area contributed by atoms with Crippen molar-refractivity contribution in [1.29, 1.82) is 0 Å². The molecule has 1 atom stereocenters. The minimum Gasteiger partial charge on any atom is -0.461 e. The minimum atomic E-state index is -0.0388. The second kappa shape index (κ2) is 11.9. The topological polar surface area (TPSA) is 84.5 Å². The van der Waals surface area contributed by atoms with Crippen molar-refractivity contribution in [1.82, 2.24) is 24.6 Å². The zero-order valence-corrected chi connectivity index (χ0v) is 23.0. The molecule has 2 aromatic carbocycles. The molecule has 0 aliphatic carbocycles. The molecule has 1 aliphatic rings. The lowest BCUT2D eigenvalue weighted by Gasteiger charge is -2.40. The Morgan fingerprint density at radius 1 is 0.947 bits per heavy atom. The molecule has 1 aliphatic heterocycles. The first kappa shape index (κ1) is 26.1. The molecule has 0 spiro atoms. The van der Waals surface area contributed by atoms with E-state index in [2.05, 4.69) is 16.3 Å². The SMILES string of the molecule is Cc1cccc(-n2c(SCC(=O)N3CCN(C(=O)CSc4ccccc4)C(C)C3)nnc2-c2ccco2)c1. The van der Waals surface area contributed by atoms with Gasteiger partial charge in [0.05, 0.1) is 23.5 Å². The van der Waals surface area contributed by atoms with Crippen LogP contribution in [0.2, 0.25) is 0 Å². The number of nitrogens with zero attached hydrogens (tertiary/aromatic N) is 5. The normalized spacial score (nSPS) is 15.6. The number of furan rings is 1. The van der Waals surface area contributed by atoms with Gasteiger partial charge in [-0.25, -0.2) is 0 Å². The number of carbonyl (C=O) groups excluding carboxylic acids is 2. The van der Waals surface area contributed by atoms with Gasteiger partial charge in [-0.05, 0) is 55.8 Å². The molecule has 3 heterocycles. The first-order valence-electron chi connectivity index (χ1n) is 12.4. The number of benzene rings is 2. The van der Waals surface area contributed by atoms with Crippen LogP contribution in [0.15, 0.2) is 87.5 Å². The molecule has 0 bridgehead atoms. The quantitative estimate of drug-likeness (QED) is 0.294. The summed E-state index contributed by atoms with van der Waals surface area (Å²) in [6.07, 6.45) is 1.60. The lowest BCUT2D eigenvalue weighted by molar-refractivity contribution is -0.139. The van der Waals surface area contributed by atoms with Crippen LogP contribution in [0.3, 0.4) is 0 Å². The maximum absolute atomic E-state index is 13.2. The lowest BCUT2D eigenvalue weighted by atomic mass is 10.2. The summed E-state index contributed by atoms with van der Waals surface area (Å²) >= 11 is 2.90. The monoisotopic (exact) mass is 547 g/mol. The van der Waals surface area contributed by atoms with Crippen LogP contribution in [0.4, 0.5) is 0 Å². The van der Waals surface area contributed by atoms with Gasteiger partial charge in [0.25, 0.3) is 0 Å². The Hall–Kier alpha value is -3.50. The number of aryl methyl sites for hydroxylation is 1. The molecule has 4 aromatic rings. The second-order valence-electron chi connectivity index (χ2n) is 9.12. The first-order chi connectivity index (χ1) is 18.5. The maximum atomic E-state index is 13.2. The number of piperazine rings is 1. The molecule has 2 aromatic heterocycles. The summed E-state index contributed by atoms with van der Waals surface area (Å²) in [5.41, 5.74) is 2.02. The van der Waals surface area contributed by atoms with Crippen molar-refractivity contribution in [3.05, 3.63) is 78.6 Å². The molecule has 0 radical (unpaired) electrons. The van der Waals surface area contributed by atoms with E-state index in [1.54, 1.807) is 18.0 Å². The summed E-state index contributed by atoms with van der Waals surface area (Å²) in [7, 11) is 0. The van der Waals surface area contributed by atoms with E-state index in [0.29, 0.717) is 42.1 Å². The molecule has 196 valence electrons. The summed E-state index contributed by atoms with van der Waals surface area (Å²) in [5.74, 6) is 1.94. The molecule has 0 saturated carbocycles. The molecule has 10 heteroatoms. The van der Waals surface area contributed by atoms with E-state index in [9.17, 15) is 9.59 Å². The van der Waals surface area contributed by atoms with Gasteiger partial charge >= 0.3 is 0 Å². The minimum absolute atomic E-state index is 0.0194. The van der Waals surface area contributed by atoms with Crippen LogP contribution >= 0.6 is 23.5 Å². The van der Waals surface area contributed by atoms with E-state index in [0.717, 1.165) is 16.1 Å². The third-order valence-corrected chi connectivity index (χ3v) is 8.28. The van der Waals surface area contributed by atoms with E-state index in [1.807, 2.05) is 88.9 Å². The number of aromatic nitrogens is 3. The van der Waals surface area contributed by atoms with Crippen LogP contribution in [-0.4, -0.2) is 73.6 Å². The molecule has 1 fully saturated rings. The van der Waals surface area contributed by atoms with Crippen molar-refractivity contribution >= 4 is 35.3 Å². The molecule has 38 heavy (non-hydrogen) atoms. The largest absolute Gasteiger partial charge is 0.461 e. The predicted molar refractivity (Wildman–Crippen MR) is 149 cm³/mol. The molecule has 2 amide bonds. The zero-order valence-electron chi connectivity index (χ0n) is 21.3. The average Bonchev–Trinajstić information content (AvgIpc) is 3.61. The standard InChI is InChI=1S/C28H29N5O3S2/c1-20-8-6-9-22(16-20)33-27(24-12-7-15-36-24)29-30-28(33)38-18-25(34)31-13-14-32(21(2)17-31)26(35)19-37-23-10-4-3-5-11-23/h3-12,15-16,21H,13-14,17-19H2,1-2H3. The van der Waals surface area contributed by atoms with Gasteiger partial charge < -0.3 is 14.2 Å². The Labute approximate surface area is 230 Å². The van der Waals surface area contributed by atoms with Crippen molar-refractivity contribution in [3.63, 3.8) is 0 Å². The van der Waals surface area contributed by atoms with Crippen molar-refractivity contribution in [2.75, 3.05) is 31.1 Å². The number of thioether (sulfide) groups is 2. The Morgan fingerprint density at radius 2 is 1.76 bits per heavy atom. The fraction of sp³-hybridized carbons (Fsp3) is 0.286. The first-order valence-corrected chi connectivity index (χ1v) is 14.4. The highest BCUT2D eigenvalue weighted by atomic mass is 32.2. The Balaban J connectivity index is 1.21. The van der Waals surface area contributed by atoms with Crippen molar-refractivity contribution in [2.45, 2.75) is 29.9 Å². The number of carbonyl (C=O) groups is 2. The number of amides is 2. The van der Waals surface area contributed by atoms with E-state index >= 15 is 0 Å². The average molecular weight is 548 g/mol. The summed E-state index contributed by atoms with van der Waals surface area (Å²) in [5, 5.41) is 9.36. The lowest BCUT2D eigenvalue weighted by Crippen LogP contribution is -2.56. The smallest absolute Gasteiger partial charge is 0.233 e. The van der Waals surface area contributed by atoms with Crippen LogP contribution in [0.1, 0.15) is 12.5 Å². The molecular formula is C28H29N5O3S2. The molecule has 1 saturated heterocycles. The highest BCUT2D eigenvalue weighted by Gasteiger charge is 2.30. The fourth-order valence-corrected chi connectivity index (χ4v) is 6.11. The van der Waals surface area contributed by atoms with Crippen molar-refractivity contribution in [2.24, 2.45) is 0 Å². The molecule has 5 rings (SSSR count). The number of rotatable bonds is 8. The number of hydrogen-bond donors (Lipinski definition) is 0. The van der Waals surface area contributed by atoms with E-state index in [-0.39, 0.29) is 23.6 Å². The third kappa shape index (κ3) is 5.97.